The van der Waals surface area contributed by atoms with Crippen LogP contribution in [0.4, 0.5) is 0 Å². The summed E-state index contributed by atoms with van der Waals surface area (Å²) in [4.78, 5) is 29.5. The highest BCUT2D eigenvalue weighted by molar-refractivity contribution is 5.98. The number of rotatable bonds is 6. The van der Waals surface area contributed by atoms with Crippen LogP contribution < -0.4 is 10.1 Å². The second-order valence-electron chi connectivity index (χ2n) is 7.90. The fraction of sp³-hybridized carbons (Fsp3) is 0.458. The van der Waals surface area contributed by atoms with Crippen LogP contribution in [0.3, 0.4) is 0 Å². The molecular formula is C24H30N2O6. The van der Waals surface area contributed by atoms with Crippen LogP contribution in [0.2, 0.25) is 0 Å². The Bertz CT molecular complexity index is 920. The number of nitrogens with zero attached hydrogens (tertiary/aromatic N) is 1. The van der Waals surface area contributed by atoms with Gasteiger partial charge in [0, 0.05) is 18.2 Å². The number of pyridine rings is 1. The maximum Gasteiger partial charge on any atom is 0.331 e. The van der Waals surface area contributed by atoms with Gasteiger partial charge in [0.2, 0.25) is 0 Å². The van der Waals surface area contributed by atoms with Crippen LogP contribution in [0.5, 0.6) is 11.5 Å². The number of nitrogens with one attached hydrogen (secondary N) is 1. The third-order valence-corrected chi connectivity index (χ3v) is 5.69. The van der Waals surface area contributed by atoms with Crippen LogP contribution >= 0.6 is 0 Å². The van der Waals surface area contributed by atoms with E-state index in [1.165, 1.54) is 19.4 Å². The van der Waals surface area contributed by atoms with Crippen molar-refractivity contribution in [1.82, 2.24) is 10.3 Å². The molecule has 1 amide bonds. The standard InChI is InChI=1S/C24H30N2O6/c1-4-8-17-13-31-14-18(26-23(28)21-22(27)19(30-3)11-12-25-21)24(29)32-15(2)20(17)16-9-6-5-7-10-16/h5-7,9-12,15,17-18,20,27H,4,8,13-14H2,1-3H3,(H,26,28)/t15-,17-,18-,20+/m0/s1. The second-order valence-corrected chi connectivity index (χ2v) is 7.90. The maximum atomic E-state index is 12.9. The monoisotopic (exact) mass is 442 g/mol. The van der Waals surface area contributed by atoms with Crippen molar-refractivity contribution in [3.63, 3.8) is 0 Å². The predicted octanol–water partition coefficient (Wildman–Crippen LogP) is 3.06. The largest absolute Gasteiger partial charge is 0.503 e. The van der Waals surface area contributed by atoms with Crippen LogP contribution in [0, 0.1) is 5.92 Å². The Labute approximate surface area is 187 Å². The van der Waals surface area contributed by atoms with Crippen molar-refractivity contribution in [2.75, 3.05) is 20.3 Å². The third-order valence-electron chi connectivity index (χ3n) is 5.69. The van der Waals surface area contributed by atoms with E-state index in [0.717, 1.165) is 18.4 Å². The normalized spacial score (nSPS) is 23.9. The van der Waals surface area contributed by atoms with E-state index in [-0.39, 0.29) is 29.9 Å². The summed E-state index contributed by atoms with van der Waals surface area (Å²) < 4.78 is 16.7. The van der Waals surface area contributed by atoms with Gasteiger partial charge in [-0.15, -0.1) is 0 Å². The number of hydrogen-bond acceptors (Lipinski definition) is 7. The molecule has 1 saturated heterocycles. The Balaban J connectivity index is 1.80. The van der Waals surface area contributed by atoms with Gasteiger partial charge in [0.25, 0.3) is 5.91 Å². The van der Waals surface area contributed by atoms with Gasteiger partial charge in [-0.2, -0.15) is 0 Å². The highest BCUT2D eigenvalue weighted by Crippen LogP contribution is 2.34. The molecule has 1 aromatic heterocycles. The lowest BCUT2D eigenvalue weighted by Gasteiger charge is -2.31. The Kier molecular flexibility index (Phi) is 8.05. The molecule has 1 aromatic carbocycles. The zero-order chi connectivity index (χ0) is 23.1. The summed E-state index contributed by atoms with van der Waals surface area (Å²) in [5.74, 6) is -1.47. The molecule has 1 aliphatic heterocycles. The first-order valence-corrected chi connectivity index (χ1v) is 10.8. The maximum absolute atomic E-state index is 12.9. The Morgan fingerprint density at radius 1 is 1.25 bits per heavy atom. The molecular weight excluding hydrogens is 412 g/mol. The molecule has 0 bridgehead atoms. The number of aromatic nitrogens is 1. The van der Waals surface area contributed by atoms with Gasteiger partial charge < -0.3 is 24.6 Å². The predicted molar refractivity (Wildman–Crippen MR) is 118 cm³/mol. The lowest BCUT2D eigenvalue weighted by molar-refractivity contribution is -0.152. The number of carbonyl (C=O) groups is 2. The third kappa shape index (κ3) is 5.37. The van der Waals surface area contributed by atoms with Gasteiger partial charge in [0.1, 0.15) is 6.10 Å². The van der Waals surface area contributed by atoms with Gasteiger partial charge in [-0.25, -0.2) is 9.78 Å². The minimum Gasteiger partial charge on any atom is -0.503 e. The summed E-state index contributed by atoms with van der Waals surface area (Å²) >= 11 is 0. The summed E-state index contributed by atoms with van der Waals surface area (Å²) in [6.45, 7) is 4.38. The quantitative estimate of drug-likeness (QED) is 0.662. The first-order chi connectivity index (χ1) is 15.5. The molecule has 0 radical (unpaired) electrons. The van der Waals surface area contributed by atoms with E-state index < -0.39 is 29.8 Å². The molecule has 2 N–H and O–H groups in total. The number of esters is 1. The molecule has 32 heavy (non-hydrogen) atoms. The van der Waals surface area contributed by atoms with Crippen LogP contribution in [-0.4, -0.2) is 54.4 Å². The van der Waals surface area contributed by atoms with Crippen molar-refractivity contribution >= 4 is 11.9 Å². The zero-order valence-electron chi connectivity index (χ0n) is 18.6. The van der Waals surface area contributed by atoms with Gasteiger partial charge in [0.15, 0.2) is 23.2 Å². The van der Waals surface area contributed by atoms with Crippen LogP contribution in [-0.2, 0) is 14.3 Å². The lowest BCUT2D eigenvalue weighted by atomic mass is 9.80. The summed E-state index contributed by atoms with van der Waals surface area (Å²) in [7, 11) is 1.37. The van der Waals surface area contributed by atoms with E-state index in [2.05, 4.69) is 17.2 Å². The number of ether oxygens (including phenoxy) is 3. The number of methoxy groups -OCH3 is 1. The minimum atomic E-state index is -1.03. The van der Waals surface area contributed by atoms with Crippen molar-refractivity contribution in [3.05, 3.63) is 53.9 Å². The van der Waals surface area contributed by atoms with E-state index in [1.807, 2.05) is 37.3 Å². The summed E-state index contributed by atoms with van der Waals surface area (Å²) in [5.41, 5.74) is 0.846. The van der Waals surface area contributed by atoms with Crippen LogP contribution in [0.15, 0.2) is 42.6 Å². The topological polar surface area (TPSA) is 107 Å². The molecule has 8 heteroatoms. The van der Waals surface area contributed by atoms with Gasteiger partial charge in [-0.1, -0.05) is 43.7 Å². The Morgan fingerprint density at radius 3 is 2.69 bits per heavy atom. The van der Waals surface area contributed by atoms with E-state index in [0.29, 0.717) is 6.61 Å². The second kappa shape index (κ2) is 10.9. The Hall–Kier alpha value is -3.13. The molecule has 3 rings (SSSR count). The van der Waals surface area contributed by atoms with E-state index in [1.54, 1.807) is 0 Å². The average Bonchev–Trinajstić information content (AvgIpc) is 2.83. The number of benzene rings is 1. The van der Waals surface area contributed by atoms with Gasteiger partial charge in [0.05, 0.1) is 20.3 Å². The molecule has 2 heterocycles. The molecule has 8 nitrogen and oxygen atoms in total. The minimum absolute atomic E-state index is 0.0290. The SMILES string of the molecule is CCC[C@H]1COC[C@H](NC(=O)c2nccc(OC)c2O)C(=O)O[C@@H](C)[C@@H]1c1ccccc1. The molecule has 1 aliphatic rings. The van der Waals surface area contributed by atoms with Gasteiger partial charge in [-0.3, -0.25) is 4.79 Å². The first-order valence-electron chi connectivity index (χ1n) is 10.8. The molecule has 0 spiro atoms. The van der Waals surface area contributed by atoms with Crippen molar-refractivity contribution in [2.24, 2.45) is 5.92 Å². The van der Waals surface area contributed by atoms with Crippen LogP contribution in [0.1, 0.15) is 48.7 Å². The number of aromatic hydroxyl groups is 1. The molecule has 2 aromatic rings. The Morgan fingerprint density at radius 2 is 2.00 bits per heavy atom. The van der Waals surface area contributed by atoms with Crippen molar-refractivity contribution in [2.45, 2.75) is 44.8 Å². The highest BCUT2D eigenvalue weighted by atomic mass is 16.6. The summed E-state index contributed by atoms with van der Waals surface area (Å²) in [5, 5.41) is 12.8. The molecule has 0 aliphatic carbocycles. The smallest absolute Gasteiger partial charge is 0.331 e. The van der Waals surface area contributed by atoms with E-state index >= 15 is 0 Å². The zero-order valence-corrected chi connectivity index (χ0v) is 18.6. The number of cyclic esters (lactones) is 1. The molecule has 0 unspecified atom stereocenters. The molecule has 4 atom stereocenters. The van der Waals surface area contributed by atoms with Crippen molar-refractivity contribution in [1.29, 1.82) is 0 Å². The highest BCUT2D eigenvalue weighted by Gasteiger charge is 2.35. The lowest BCUT2D eigenvalue weighted by Crippen LogP contribution is -2.46. The van der Waals surface area contributed by atoms with Crippen molar-refractivity contribution < 1.29 is 28.9 Å². The fourth-order valence-electron chi connectivity index (χ4n) is 4.18. The summed E-state index contributed by atoms with van der Waals surface area (Å²) in [6, 6.07) is 10.4. The molecule has 0 saturated carbocycles. The number of hydrogen-bond donors (Lipinski definition) is 2. The number of carbonyl (C=O) groups excluding carboxylic acids is 2. The van der Waals surface area contributed by atoms with E-state index in [4.69, 9.17) is 14.2 Å². The van der Waals surface area contributed by atoms with Gasteiger partial charge >= 0.3 is 5.97 Å². The fourth-order valence-corrected chi connectivity index (χ4v) is 4.18. The molecule has 1 fully saturated rings. The first kappa shape index (κ1) is 23.5. The van der Waals surface area contributed by atoms with Crippen molar-refractivity contribution in [3.8, 4) is 11.5 Å². The molecule has 172 valence electrons. The van der Waals surface area contributed by atoms with Crippen LogP contribution in [0.25, 0.3) is 0 Å². The van der Waals surface area contributed by atoms with Gasteiger partial charge in [-0.05, 0) is 24.8 Å². The number of amides is 1. The summed E-state index contributed by atoms with van der Waals surface area (Å²) in [6.07, 6.45) is 2.82. The van der Waals surface area contributed by atoms with E-state index in [9.17, 15) is 14.7 Å². The average molecular weight is 443 g/mol.